The molecule has 98 valence electrons. The second-order valence-corrected chi connectivity index (χ2v) is 5.28. The smallest absolute Gasteiger partial charge is 0.0703 e. The third-order valence-electron chi connectivity index (χ3n) is 4.16. The quantitative estimate of drug-likeness (QED) is 0.883. The van der Waals surface area contributed by atoms with E-state index in [0.29, 0.717) is 6.10 Å². The number of benzene rings is 1. The Hall–Kier alpha value is -0.900. The number of hydrogen-bond acceptors (Lipinski definition) is 3. The highest BCUT2D eigenvalue weighted by Crippen LogP contribution is 2.30. The van der Waals surface area contributed by atoms with Gasteiger partial charge in [-0.1, -0.05) is 24.3 Å². The second kappa shape index (κ2) is 5.39. The third kappa shape index (κ3) is 2.30. The summed E-state index contributed by atoms with van der Waals surface area (Å²) >= 11 is 0. The van der Waals surface area contributed by atoms with Crippen molar-refractivity contribution in [3.63, 3.8) is 0 Å². The fourth-order valence-corrected chi connectivity index (χ4v) is 3.19. The van der Waals surface area contributed by atoms with E-state index in [-0.39, 0.29) is 12.6 Å². The van der Waals surface area contributed by atoms with Crippen LogP contribution in [0.25, 0.3) is 0 Å². The summed E-state index contributed by atoms with van der Waals surface area (Å²) in [4.78, 5) is 2.39. The van der Waals surface area contributed by atoms with Gasteiger partial charge in [0.25, 0.3) is 0 Å². The number of fused-ring (bicyclic) bond motifs is 1. The lowest BCUT2D eigenvalue weighted by atomic mass is 9.92. The van der Waals surface area contributed by atoms with Crippen molar-refractivity contribution in [2.75, 3.05) is 26.3 Å². The van der Waals surface area contributed by atoms with Crippen molar-refractivity contribution in [3.8, 4) is 0 Å². The van der Waals surface area contributed by atoms with E-state index in [4.69, 9.17) is 4.74 Å². The van der Waals surface area contributed by atoms with Crippen molar-refractivity contribution >= 4 is 0 Å². The van der Waals surface area contributed by atoms with Crippen molar-refractivity contribution in [1.82, 2.24) is 4.90 Å². The number of hydrogen-bond donors (Lipinski definition) is 1. The summed E-state index contributed by atoms with van der Waals surface area (Å²) < 4.78 is 5.71. The van der Waals surface area contributed by atoms with Crippen molar-refractivity contribution in [2.45, 2.75) is 31.4 Å². The van der Waals surface area contributed by atoms with Gasteiger partial charge in [0.05, 0.1) is 18.8 Å². The molecule has 0 amide bonds. The van der Waals surface area contributed by atoms with Crippen molar-refractivity contribution < 1.29 is 9.84 Å². The molecule has 0 aliphatic carbocycles. The highest BCUT2D eigenvalue weighted by molar-refractivity contribution is 5.32. The van der Waals surface area contributed by atoms with E-state index >= 15 is 0 Å². The molecule has 2 atom stereocenters. The summed E-state index contributed by atoms with van der Waals surface area (Å²) in [5.41, 5.74) is 2.68. The van der Waals surface area contributed by atoms with Gasteiger partial charge in [-0.15, -0.1) is 0 Å². The van der Waals surface area contributed by atoms with Crippen LogP contribution in [0.4, 0.5) is 0 Å². The molecule has 0 spiro atoms. The van der Waals surface area contributed by atoms with Crippen LogP contribution in [0.15, 0.2) is 24.3 Å². The van der Waals surface area contributed by atoms with Crippen molar-refractivity contribution in [2.24, 2.45) is 0 Å². The second-order valence-electron chi connectivity index (χ2n) is 5.28. The van der Waals surface area contributed by atoms with Crippen molar-refractivity contribution in [3.05, 3.63) is 35.4 Å². The first-order valence-corrected chi connectivity index (χ1v) is 6.93. The molecule has 3 nitrogen and oxygen atoms in total. The predicted octanol–water partition coefficient (Wildman–Crippen LogP) is 1.76. The average Bonchev–Trinajstić information content (AvgIpc) is 2.91. The monoisotopic (exact) mass is 247 g/mol. The zero-order chi connectivity index (χ0) is 12.4. The van der Waals surface area contributed by atoms with Gasteiger partial charge in [-0.25, -0.2) is 0 Å². The first-order chi connectivity index (χ1) is 8.88. The topological polar surface area (TPSA) is 32.7 Å². The molecule has 0 radical (unpaired) electrons. The van der Waals surface area contributed by atoms with Crippen molar-refractivity contribution in [1.29, 1.82) is 0 Å². The molecular weight excluding hydrogens is 226 g/mol. The van der Waals surface area contributed by atoms with Crippen LogP contribution in [-0.4, -0.2) is 42.4 Å². The van der Waals surface area contributed by atoms with Crippen LogP contribution < -0.4 is 0 Å². The Morgan fingerprint density at radius 3 is 3.00 bits per heavy atom. The highest BCUT2D eigenvalue weighted by Gasteiger charge is 2.29. The van der Waals surface area contributed by atoms with Gasteiger partial charge < -0.3 is 9.84 Å². The van der Waals surface area contributed by atoms with E-state index in [1.165, 1.54) is 17.5 Å². The SMILES string of the molecule is OCC1c2ccccc2CCN1CC1CCCO1. The molecule has 0 bridgehead atoms. The number of aliphatic hydroxyl groups is 1. The standard InChI is InChI=1S/C15H21NO2/c17-11-15-14-6-2-1-4-12(14)7-8-16(15)10-13-5-3-9-18-13/h1-2,4,6,13,15,17H,3,5,7-11H2. The van der Waals surface area contributed by atoms with E-state index in [9.17, 15) is 5.11 Å². The Labute approximate surface area is 108 Å². The average molecular weight is 247 g/mol. The van der Waals surface area contributed by atoms with E-state index in [1.807, 2.05) is 0 Å². The maximum Gasteiger partial charge on any atom is 0.0703 e. The molecule has 0 saturated carbocycles. The first kappa shape index (κ1) is 12.2. The fraction of sp³-hybridized carbons (Fsp3) is 0.600. The Morgan fingerprint density at radius 2 is 2.22 bits per heavy atom. The molecule has 1 fully saturated rings. The molecule has 2 aliphatic heterocycles. The minimum atomic E-state index is 0.152. The molecule has 18 heavy (non-hydrogen) atoms. The van der Waals surface area contributed by atoms with Gasteiger partial charge in [0.15, 0.2) is 0 Å². The zero-order valence-electron chi connectivity index (χ0n) is 10.7. The lowest BCUT2D eigenvalue weighted by molar-refractivity contribution is 0.0377. The largest absolute Gasteiger partial charge is 0.394 e. The number of ether oxygens (including phenoxy) is 1. The van der Waals surface area contributed by atoms with Crippen LogP contribution in [-0.2, 0) is 11.2 Å². The lowest BCUT2D eigenvalue weighted by Crippen LogP contribution is -2.41. The Kier molecular flexibility index (Phi) is 3.64. The van der Waals surface area contributed by atoms with Crippen LogP contribution in [0.5, 0.6) is 0 Å². The van der Waals surface area contributed by atoms with Gasteiger partial charge in [0.1, 0.15) is 0 Å². The van der Waals surface area contributed by atoms with Crippen LogP contribution in [0.1, 0.15) is 30.0 Å². The summed E-state index contributed by atoms with van der Waals surface area (Å²) in [6.45, 7) is 3.09. The number of nitrogens with zero attached hydrogens (tertiary/aromatic N) is 1. The van der Waals surface area contributed by atoms with Gasteiger partial charge >= 0.3 is 0 Å². The van der Waals surface area contributed by atoms with Gasteiger partial charge in [-0.2, -0.15) is 0 Å². The third-order valence-corrected chi connectivity index (χ3v) is 4.16. The molecular formula is C15H21NO2. The van der Waals surface area contributed by atoms with E-state index in [1.54, 1.807) is 0 Å². The first-order valence-electron chi connectivity index (χ1n) is 6.93. The van der Waals surface area contributed by atoms with Crippen LogP contribution in [0.3, 0.4) is 0 Å². The summed E-state index contributed by atoms with van der Waals surface area (Å²) in [7, 11) is 0. The summed E-state index contributed by atoms with van der Waals surface area (Å²) in [6.07, 6.45) is 3.79. The maximum atomic E-state index is 9.70. The van der Waals surface area contributed by atoms with E-state index < -0.39 is 0 Å². The summed E-state index contributed by atoms with van der Waals surface area (Å²) in [6, 6.07) is 8.64. The summed E-state index contributed by atoms with van der Waals surface area (Å²) in [5.74, 6) is 0. The zero-order valence-corrected chi connectivity index (χ0v) is 10.7. The maximum absolute atomic E-state index is 9.70. The molecule has 1 saturated heterocycles. The molecule has 2 aliphatic rings. The van der Waals surface area contributed by atoms with Crippen LogP contribution in [0.2, 0.25) is 0 Å². The van der Waals surface area contributed by atoms with E-state index in [0.717, 1.165) is 32.5 Å². The highest BCUT2D eigenvalue weighted by atomic mass is 16.5. The van der Waals surface area contributed by atoms with Crippen LogP contribution in [0, 0.1) is 0 Å². The Balaban J connectivity index is 1.76. The minimum absolute atomic E-state index is 0.152. The van der Waals surface area contributed by atoms with Crippen LogP contribution >= 0.6 is 0 Å². The molecule has 0 aromatic heterocycles. The van der Waals surface area contributed by atoms with Gasteiger partial charge in [-0.05, 0) is 30.4 Å². The molecule has 1 aromatic carbocycles. The summed E-state index contributed by atoms with van der Waals surface area (Å²) in [5, 5.41) is 9.70. The normalized spacial score (nSPS) is 28.3. The predicted molar refractivity (Wildman–Crippen MR) is 70.5 cm³/mol. The molecule has 1 N–H and O–H groups in total. The van der Waals surface area contributed by atoms with Gasteiger partial charge in [0, 0.05) is 19.7 Å². The van der Waals surface area contributed by atoms with Gasteiger partial charge in [-0.3, -0.25) is 4.90 Å². The molecule has 1 aromatic rings. The molecule has 2 heterocycles. The van der Waals surface area contributed by atoms with Gasteiger partial charge in [0.2, 0.25) is 0 Å². The van der Waals surface area contributed by atoms with E-state index in [2.05, 4.69) is 29.2 Å². The Bertz CT molecular complexity index is 401. The fourth-order valence-electron chi connectivity index (χ4n) is 3.19. The lowest BCUT2D eigenvalue weighted by Gasteiger charge is -2.37. The molecule has 3 rings (SSSR count). The molecule has 2 unspecified atom stereocenters. The molecule has 3 heteroatoms. The number of rotatable bonds is 3. The minimum Gasteiger partial charge on any atom is -0.394 e. The Morgan fingerprint density at radius 1 is 1.33 bits per heavy atom. The number of aliphatic hydroxyl groups excluding tert-OH is 1.